The van der Waals surface area contributed by atoms with E-state index in [-0.39, 0.29) is 18.2 Å². The fraction of sp³-hybridized carbons (Fsp3) is 0.562. The molecule has 1 aromatic carbocycles. The number of hydrogen-bond donors (Lipinski definition) is 1. The third-order valence-corrected chi connectivity index (χ3v) is 6.94. The van der Waals surface area contributed by atoms with Crippen LogP contribution in [0.3, 0.4) is 0 Å². The molecule has 1 aromatic rings. The van der Waals surface area contributed by atoms with Crippen molar-refractivity contribution in [2.24, 2.45) is 11.3 Å². The van der Waals surface area contributed by atoms with E-state index in [1.165, 1.54) is 4.31 Å². The van der Waals surface area contributed by atoms with E-state index in [4.69, 9.17) is 0 Å². The van der Waals surface area contributed by atoms with E-state index in [0.29, 0.717) is 19.4 Å². The van der Waals surface area contributed by atoms with Crippen LogP contribution in [0, 0.1) is 11.3 Å². The Morgan fingerprint density at radius 3 is 2.68 bits per heavy atom. The molecule has 22 heavy (non-hydrogen) atoms. The molecule has 2 aliphatic rings. The normalized spacial score (nSPS) is 28.6. The van der Waals surface area contributed by atoms with Crippen molar-refractivity contribution in [2.45, 2.75) is 25.7 Å². The van der Waals surface area contributed by atoms with Gasteiger partial charge in [0.1, 0.15) is 0 Å². The van der Waals surface area contributed by atoms with E-state index in [1.807, 2.05) is 30.3 Å². The number of nitrogens with zero attached hydrogens (tertiary/aromatic N) is 1. The molecule has 3 rings (SSSR count). The van der Waals surface area contributed by atoms with E-state index < -0.39 is 21.4 Å². The van der Waals surface area contributed by atoms with Crippen molar-refractivity contribution in [3.8, 4) is 0 Å². The van der Waals surface area contributed by atoms with Crippen molar-refractivity contribution in [1.82, 2.24) is 4.31 Å². The monoisotopic (exact) mass is 323 g/mol. The minimum atomic E-state index is -3.40. The Morgan fingerprint density at radius 2 is 2.05 bits per heavy atom. The Labute approximate surface area is 131 Å². The Morgan fingerprint density at radius 1 is 1.32 bits per heavy atom. The summed E-state index contributed by atoms with van der Waals surface area (Å²) in [6.45, 7) is 0.507. The van der Waals surface area contributed by atoms with Gasteiger partial charge in [0, 0.05) is 13.1 Å². The SMILES string of the molecule is O=C(O)[C@@]12CCC[C@H]1CN(S(=O)(=O)CCc1ccccc1)C2. The van der Waals surface area contributed by atoms with Crippen LogP contribution in [0.25, 0.3) is 0 Å². The third-order valence-electron chi connectivity index (χ3n) is 5.15. The highest BCUT2D eigenvalue weighted by Gasteiger charge is 2.56. The van der Waals surface area contributed by atoms with E-state index in [0.717, 1.165) is 18.4 Å². The molecular formula is C16H21NO4S. The lowest BCUT2D eigenvalue weighted by atomic mass is 9.81. The molecule has 2 atom stereocenters. The molecule has 0 spiro atoms. The van der Waals surface area contributed by atoms with Gasteiger partial charge in [-0.25, -0.2) is 12.7 Å². The van der Waals surface area contributed by atoms with Crippen LogP contribution in [0.5, 0.6) is 0 Å². The average molecular weight is 323 g/mol. The van der Waals surface area contributed by atoms with Gasteiger partial charge in [-0.05, 0) is 30.7 Å². The number of rotatable bonds is 5. The number of aryl methyl sites for hydroxylation is 1. The van der Waals surface area contributed by atoms with E-state index >= 15 is 0 Å². The highest BCUT2D eigenvalue weighted by molar-refractivity contribution is 7.89. The van der Waals surface area contributed by atoms with Crippen molar-refractivity contribution in [2.75, 3.05) is 18.8 Å². The number of benzene rings is 1. The van der Waals surface area contributed by atoms with Gasteiger partial charge in [0.15, 0.2) is 0 Å². The molecule has 2 fully saturated rings. The molecule has 1 saturated heterocycles. The van der Waals surface area contributed by atoms with Crippen molar-refractivity contribution < 1.29 is 18.3 Å². The Kier molecular flexibility index (Phi) is 3.99. The fourth-order valence-electron chi connectivity index (χ4n) is 3.83. The van der Waals surface area contributed by atoms with Gasteiger partial charge < -0.3 is 5.11 Å². The summed E-state index contributed by atoms with van der Waals surface area (Å²) in [7, 11) is -3.40. The number of hydrogen-bond acceptors (Lipinski definition) is 3. The standard InChI is InChI=1S/C16H21NO4S/c18-15(19)16-9-4-7-14(16)11-17(12-16)22(20,21)10-8-13-5-2-1-3-6-13/h1-3,5-6,14H,4,7-12H2,(H,18,19)/t14-,16+/m0/s1. The summed E-state index contributed by atoms with van der Waals surface area (Å²) in [5.41, 5.74) is 0.137. The number of carboxylic acid groups (broad SMARTS) is 1. The summed E-state index contributed by atoms with van der Waals surface area (Å²) in [6.07, 6.45) is 2.76. The molecule has 1 aliphatic heterocycles. The van der Waals surface area contributed by atoms with Gasteiger partial charge in [0.2, 0.25) is 10.0 Å². The van der Waals surface area contributed by atoms with Gasteiger partial charge >= 0.3 is 5.97 Å². The lowest BCUT2D eigenvalue weighted by Crippen LogP contribution is -2.38. The summed E-state index contributed by atoms with van der Waals surface area (Å²) < 4.78 is 26.5. The average Bonchev–Trinajstić information content (AvgIpc) is 3.04. The van der Waals surface area contributed by atoms with Crippen LogP contribution < -0.4 is 0 Å². The molecule has 0 aromatic heterocycles. The zero-order chi connectivity index (χ0) is 15.8. The second kappa shape index (κ2) is 5.66. The molecule has 1 aliphatic carbocycles. The first-order valence-electron chi connectivity index (χ1n) is 7.69. The first-order chi connectivity index (χ1) is 10.4. The van der Waals surface area contributed by atoms with Gasteiger partial charge in [0.05, 0.1) is 11.2 Å². The topological polar surface area (TPSA) is 74.7 Å². The summed E-state index contributed by atoms with van der Waals surface area (Å²) in [4.78, 5) is 11.6. The van der Waals surface area contributed by atoms with Crippen LogP contribution in [0.2, 0.25) is 0 Å². The summed E-state index contributed by atoms with van der Waals surface area (Å²) in [5, 5.41) is 9.54. The Balaban J connectivity index is 1.70. The maximum atomic E-state index is 12.5. The fourth-order valence-corrected chi connectivity index (χ4v) is 5.41. The summed E-state index contributed by atoms with van der Waals surface area (Å²) in [5.74, 6) is -0.827. The van der Waals surface area contributed by atoms with Crippen molar-refractivity contribution in [3.63, 3.8) is 0 Å². The highest BCUT2D eigenvalue weighted by Crippen LogP contribution is 2.49. The lowest BCUT2D eigenvalue weighted by molar-refractivity contribution is -0.149. The van der Waals surface area contributed by atoms with E-state index in [2.05, 4.69) is 0 Å². The van der Waals surface area contributed by atoms with Crippen LogP contribution >= 0.6 is 0 Å². The van der Waals surface area contributed by atoms with Gasteiger partial charge in [-0.15, -0.1) is 0 Å². The number of aliphatic carboxylic acids is 1. The first kappa shape index (κ1) is 15.5. The zero-order valence-electron chi connectivity index (χ0n) is 12.4. The van der Waals surface area contributed by atoms with Crippen molar-refractivity contribution in [1.29, 1.82) is 0 Å². The number of sulfonamides is 1. The van der Waals surface area contributed by atoms with Crippen LogP contribution in [-0.2, 0) is 21.2 Å². The largest absolute Gasteiger partial charge is 0.481 e. The molecule has 1 N–H and O–H groups in total. The molecule has 0 amide bonds. The molecular weight excluding hydrogens is 302 g/mol. The highest BCUT2D eigenvalue weighted by atomic mass is 32.2. The Bertz CT molecular complexity index is 658. The quantitative estimate of drug-likeness (QED) is 0.896. The Hall–Kier alpha value is -1.40. The van der Waals surface area contributed by atoms with Gasteiger partial charge in [-0.3, -0.25) is 4.79 Å². The molecule has 120 valence electrons. The second-order valence-corrected chi connectivity index (χ2v) is 8.48. The lowest BCUT2D eigenvalue weighted by Gasteiger charge is -2.23. The molecule has 1 saturated carbocycles. The first-order valence-corrected chi connectivity index (χ1v) is 9.30. The van der Waals surface area contributed by atoms with Crippen LogP contribution in [-0.4, -0.2) is 42.6 Å². The smallest absolute Gasteiger partial charge is 0.311 e. The van der Waals surface area contributed by atoms with Gasteiger partial charge in [0.25, 0.3) is 0 Å². The molecule has 5 nitrogen and oxygen atoms in total. The van der Waals surface area contributed by atoms with Crippen LogP contribution in [0.4, 0.5) is 0 Å². The minimum Gasteiger partial charge on any atom is -0.481 e. The molecule has 6 heteroatoms. The van der Waals surface area contributed by atoms with Crippen molar-refractivity contribution >= 4 is 16.0 Å². The number of carbonyl (C=O) groups is 1. The summed E-state index contributed by atoms with van der Waals surface area (Å²) >= 11 is 0. The second-order valence-electron chi connectivity index (χ2n) is 6.39. The maximum Gasteiger partial charge on any atom is 0.311 e. The molecule has 0 unspecified atom stereocenters. The summed E-state index contributed by atoms with van der Waals surface area (Å²) in [6, 6.07) is 9.50. The van der Waals surface area contributed by atoms with Crippen LogP contribution in [0.1, 0.15) is 24.8 Å². The predicted molar refractivity (Wildman–Crippen MR) is 82.9 cm³/mol. The number of fused-ring (bicyclic) bond motifs is 1. The molecule has 0 bridgehead atoms. The molecule has 1 heterocycles. The van der Waals surface area contributed by atoms with Gasteiger partial charge in [-0.2, -0.15) is 0 Å². The minimum absolute atomic E-state index is 0.0310. The zero-order valence-corrected chi connectivity index (χ0v) is 13.3. The van der Waals surface area contributed by atoms with Gasteiger partial charge in [-0.1, -0.05) is 36.8 Å². The number of carboxylic acids is 1. The van der Waals surface area contributed by atoms with Crippen LogP contribution in [0.15, 0.2) is 30.3 Å². The third kappa shape index (κ3) is 2.65. The van der Waals surface area contributed by atoms with Crippen molar-refractivity contribution in [3.05, 3.63) is 35.9 Å². The predicted octanol–water partition coefficient (Wildman–Crippen LogP) is 1.75. The van der Waals surface area contributed by atoms with E-state index in [1.54, 1.807) is 0 Å². The molecule has 0 radical (unpaired) electrons. The van der Waals surface area contributed by atoms with E-state index in [9.17, 15) is 18.3 Å². The maximum absolute atomic E-state index is 12.5.